The third-order valence-corrected chi connectivity index (χ3v) is 6.05. The Morgan fingerprint density at radius 1 is 1.15 bits per heavy atom. The minimum absolute atomic E-state index is 0.646. The van der Waals surface area contributed by atoms with E-state index in [4.69, 9.17) is 19.4 Å². The number of nitrogens with one attached hydrogen (secondary N) is 1. The molecule has 1 aliphatic rings. The van der Waals surface area contributed by atoms with E-state index in [1.54, 1.807) is 14.2 Å². The summed E-state index contributed by atoms with van der Waals surface area (Å²) in [5, 5.41) is 4.76. The van der Waals surface area contributed by atoms with Crippen molar-refractivity contribution in [3.05, 3.63) is 40.0 Å². The summed E-state index contributed by atoms with van der Waals surface area (Å²) >= 11 is 1.83. The third kappa shape index (κ3) is 2.98. The summed E-state index contributed by atoms with van der Waals surface area (Å²) < 4.78 is 10.8. The van der Waals surface area contributed by atoms with Gasteiger partial charge in [0, 0.05) is 29.5 Å². The zero-order valence-corrected chi connectivity index (χ0v) is 16.2. The molecular formula is C20H23N3O2S. The van der Waals surface area contributed by atoms with E-state index in [2.05, 4.69) is 12.2 Å². The Labute approximate surface area is 157 Å². The van der Waals surface area contributed by atoms with E-state index in [9.17, 15) is 0 Å². The van der Waals surface area contributed by atoms with Crippen LogP contribution in [0.15, 0.2) is 18.2 Å². The van der Waals surface area contributed by atoms with Crippen LogP contribution in [0.4, 0.5) is 5.82 Å². The molecule has 1 aliphatic carbocycles. The molecule has 0 bridgehead atoms. The highest BCUT2D eigenvalue weighted by Gasteiger charge is 2.22. The quantitative estimate of drug-likeness (QED) is 0.699. The van der Waals surface area contributed by atoms with Crippen LogP contribution < -0.4 is 14.8 Å². The van der Waals surface area contributed by atoms with Crippen LogP contribution in [0.1, 0.15) is 35.2 Å². The van der Waals surface area contributed by atoms with Gasteiger partial charge < -0.3 is 14.8 Å². The molecular weight excluding hydrogens is 346 g/mol. The standard InChI is InChI=1S/C20H23N3O2S/c1-4-17-22-19(18-14-6-5-7-16(14)26-20(18)23-17)21-11-12-8-9-13(24-2)10-15(12)25-3/h8-10H,4-7,11H2,1-3H3,(H,21,22,23). The highest BCUT2D eigenvalue weighted by Crippen LogP contribution is 2.39. The predicted octanol–water partition coefficient (Wildman–Crippen LogP) is 4.37. The number of hydrogen-bond acceptors (Lipinski definition) is 6. The Hall–Kier alpha value is -2.34. The lowest BCUT2D eigenvalue weighted by atomic mass is 10.1. The fourth-order valence-corrected chi connectivity index (χ4v) is 4.78. The maximum Gasteiger partial charge on any atom is 0.139 e. The summed E-state index contributed by atoms with van der Waals surface area (Å²) in [6, 6.07) is 5.89. The molecule has 0 radical (unpaired) electrons. The fraction of sp³-hybridized carbons (Fsp3) is 0.400. The molecule has 0 atom stereocenters. The van der Waals surface area contributed by atoms with Gasteiger partial charge in [-0.1, -0.05) is 6.92 Å². The maximum absolute atomic E-state index is 5.52. The van der Waals surface area contributed by atoms with Crippen molar-refractivity contribution in [3.63, 3.8) is 0 Å². The smallest absolute Gasteiger partial charge is 0.139 e. The van der Waals surface area contributed by atoms with Gasteiger partial charge in [-0.25, -0.2) is 9.97 Å². The molecule has 0 amide bonds. The minimum atomic E-state index is 0.646. The number of aromatic nitrogens is 2. The first-order valence-corrected chi connectivity index (χ1v) is 9.81. The fourth-order valence-electron chi connectivity index (χ4n) is 3.50. The summed E-state index contributed by atoms with van der Waals surface area (Å²) in [5.74, 6) is 3.44. The predicted molar refractivity (Wildman–Crippen MR) is 106 cm³/mol. The maximum atomic E-state index is 5.52. The van der Waals surface area contributed by atoms with E-state index in [1.807, 2.05) is 29.5 Å². The van der Waals surface area contributed by atoms with Crippen molar-refractivity contribution in [2.24, 2.45) is 0 Å². The molecule has 0 spiro atoms. The van der Waals surface area contributed by atoms with Crippen LogP contribution in [0.3, 0.4) is 0 Å². The summed E-state index contributed by atoms with van der Waals surface area (Å²) in [7, 11) is 3.34. The second kappa shape index (κ2) is 7.11. The van der Waals surface area contributed by atoms with Crippen molar-refractivity contribution in [1.82, 2.24) is 9.97 Å². The number of hydrogen-bond donors (Lipinski definition) is 1. The average molecular weight is 369 g/mol. The number of aryl methyl sites for hydroxylation is 3. The van der Waals surface area contributed by atoms with Gasteiger partial charge in [-0.15, -0.1) is 11.3 Å². The molecule has 0 saturated carbocycles. The van der Waals surface area contributed by atoms with Crippen molar-refractivity contribution in [2.75, 3.05) is 19.5 Å². The van der Waals surface area contributed by atoms with Crippen LogP contribution in [-0.4, -0.2) is 24.2 Å². The Morgan fingerprint density at radius 3 is 2.81 bits per heavy atom. The lowest BCUT2D eigenvalue weighted by Gasteiger charge is -2.13. The molecule has 2 heterocycles. The van der Waals surface area contributed by atoms with Crippen LogP contribution in [0.2, 0.25) is 0 Å². The van der Waals surface area contributed by atoms with Crippen molar-refractivity contribution in [2.45, 2.75) is 39.2 Å². The van der Waals surface area contributed by atoms with Crippen LogP contribution >= 0.6 is 11.3 Å². The van der Waals surface area contributed by atoms with Gasteiger partial charge in [0.15, 0.2) is 0 Å². The SMILES string of the molecule is CCc1nc(NCc2ccc(OC)cc2OC)c2c3c(sc2n1)CCC3. The number of anilines is 1. The molecule has 2 aromatic heterocycles. The van der Waals surface area contributed by atoms with Gasteiger partial charge >= 0.3 is 0 Å². The second-order valence-corrected chi connectivity index (χ2v) is 7.49. The van der Waals surface area contributed by atoms with E-state index >= 15 is 0 Å². The molecule has 3 aromatic rings. The Balaban J connectivity index is 1.69. The van der Waals surface area contributed by atoms with Crippen LogP contribution in [-0.2, 0) is 25.8 Å². The van der Waals surface area contributed by atoms with Gasteiger partial charge in [0.1, 0.15) is 28.0 Å². The topological polar surface area (TPSA) is 56.3 Å². The Bertz CT molecular complexity index is 952. The van der Waals surface area contributed by atoms with Crippen molar-refractivity contribution < 1.29 is 9.47 Å². The summed E-state index contributed by atoms with van der Waals surface area (Å²) in [6.45, 7) is 2.74. The molecule has 1 N–H and O–H groups in total. The first-order valence-electron chi connectivity index (χ1n) is 8.99. The van der Waals surface area contributed by atoms with E-state index in [0.717, 1.165) is 46.4 Å². The number of rotatable bonds is 6. The summed E-state index contributed by atoms with van der Waals surface area (Å²) in [4.78, 5) is 12.1. The minimum Gasteiger partial charge on any atom is -0.497 e. The molecule has 26 heavy (non-hydrogen) atoms. The number of ether oxygens (including phenoxy) is 2. The van der Waals surface area contributed by atoms with Gasteiger partial charge in [-0.3, -0.25) is 0 Å². The monoisotopic (exact) mass is 369 g/mol. The molecule has 6 heteroatoms. The molecule has 0 aliphatic heterocycles. The van der Waals surface area contributed by atoms with Gasteiger partial charge in [-0.05, 0) is 37.0 Å². The van der Waals surface area contributed by atoms with Crippen LogP contribution in [0.25, 0.3) is 10.2 Å². The van der Waals surface area contributed by atoms with Crippen molar-refractivity contribution in [3.8, 4) is 11.5 Å². The first kappa shape index (κ1) is 17.1. The van der Waals surface area contributed by atoms with Gasteiger partial charge in [0.25, 0.3) is 0 Å². The molecule has 136 valence electrons. The van der Waals surface area contributed by atoms with Gasteiger partial charge in [0.05, 0.1) is 19.6 Å². The number of fused-ring (bicyclic) bond motifs is 3. The lowest BCUT2D eigenvalue weighted by molar-refractivity contribution is 0.391. The van der Waals surface area contributed by atoms with E-state index < -0.39 is 0 Å². The van der Waals surface area contributed by atoms with Crippen LogP contribution in [0.5, 0.6) is 11.5 Å². The number of benzene rings is 1. The normalized spacial score (nSPS) is 13.0. The third-order valence-electron chi connectivity index (χ3n) is 4.87. The van der Waals surface area contributed by atoms with Crippen LogP contribution in [0, 0.1) is 0 Å². The molecule has 0 unspecified atom stereocenters. The largest absolute Gasteiger partial charge is 0.497 e. The van der Waals surface area contributed by atoms with E-state index in [1.165, 1.54) is 28.7 Å². The molecule has 5 nitrogen and oxygen atoms in total. The van der Waals surface area contributed by atoms with Gasteiger partial charge in [0.2, 0.25) is 0 Å². The summed E-state index contributed by atoms with van der Waals surface area (Å²) in [6.07, 6.45) is 4.37. The second-order valence-electron chi connectivity index (χ2n) is 6.41. The first-order chi connectivity index (χ1) is 12.7. The number of thiophene rings is 1. The number of methoxy groups -OCH3 is 2. The molecule has 0 saturated heterocycles. The zero-order chi connectivity index (χ0) is 18.1. The average Bonchev–Trinajstić information content (AvgIpc) is 3.26. The Kier molecular flexibility index (Phi) is 4.68. The zero-order valence-electron chi connectivity index (χ0n) is 15.4. The Morgan fingerprint density at radius 2 is 2.04 bits per heavy atom. The van der Waals surface area contributed by atoms with Gasteiger partial charge in [-0.2, -0.15) is 0 Å². The lowest BCUT2D eigenvalue weighted by Crippen LogP contribution is -2.06. The summed E-state index contributed by atoms with van der Waals surface area (Å²) in [5.41, 5.74) is 2.52. The number of nitrogens with zero attached hydrogens (tertiary/aromatic N) is 2. The van der Waals surface area contributed by atoms with E-state index in [0.29, 0.717) is 6.54 Å². The molecule has 0 fully saturated rings. The molecule has 4 rings (SSSR count). The van der Waals surface area contributed by atoms with E-state index in [-0.39, 0.29) is 0 Å². The molecule has 1 aromatic carbocycles. The highest BCUT2D eigenvalue weighted by molar-refractivity contribution is 7.19. The highest BCUT2D eigenvalue weighted by atomic mass is 32.1. The van der Waals surface area contributed by atoms with Crippen molar-refractivity contribution >= 4 is 27.4 Å². The van der Waals surface area contributed by atoms with Crippen molar-refractivity contribution in [1.29, 1.82) is 0 Å².